The highest BCUT2D eigenvalue weighted by atomic mass is 15.2. The molecule has 4 nitrogen and oxygen atoms in total. The van der Waals surface area contributed by atoms with Gasteiger partial charge in [0.15, 0.2) is 5.82 Å². The summed E-state index contributed by atoms with van der Waals surface area (Å²) in [5.74, 6) is 1.61. The molecule has 2 heterocycles. The average Bonchev–Trinajstić information content (AvgIpc) is 2.55. The number of aromatic nitrogens is 2. The first-order chi connectivity index (χ1) is 5.38. The fourth-order valence-corrected chi connectivity index (χ4v) is 1.48. The molecular formula is C7H12N4. The van der Waals surface area contributed by atoms with Gasteiger partial charge in [0.2, 0.25) is 0 Å². The number of H-pyrrole nitrogens is 1. The molecule has 4 heteroatoms. The lowest BCUT2D eigenvalue weighted by Gasteiger charge is -2.13. The van der Waals surface area contributed by atoms with Crippen LogP contribution in [0.5, 0.6) is 0 Å². The van der Waals surface area contributed by atoms with Gasteiger partial charge in [-0.2, -0.15) is 0 Å². The minimum atomic E-state index is 0.687. The molecule has 1 aromatic heterocycles. The summed E-state index contributed by atoms with van der Waals surface area (Å²) in [4.78, 5) is 9.23. The topological polar surface area (TPSA) is 57.9 Å². The fraction of sp³-hybridized carbons (Fsp3) is 0.571. The molecule has 0 aromatic carbocycles. The molecule has 0 atom stereocenters. The largest absolute Gasteiger partial charge is 0.382 e. The molecule has 0 spiro atoms. The number of aromatic amines is 1. The first-order valence-electron chi connectivity index (χ1n) is 3.92. The van der Waals surface area contributed by atoms with Gasteiger partial charge >= 0.3 is 0 Å². The van der Waals surface area contributed by atoms with Crippen LogP contribution in [0.25, 0.3) is 0 Å². The third kappa shape index (κ3) is 1.04. The van der Waals surface area contributed by atoms with Crippen LogP contribution in [0.1, 0.15) is 12.8 Å². The molecule has 2 rings (SSSR count). The van der Waals surface area contributed by atoms with Crippen LogP contribution < -0.4 is 10.6 Å². The molecule has 60 valence electrons. The average molecular weight is 152 g/mol. The van der Waals surface area contributed by atoms with Crippen molar-refractivity contribution in [3.63, 3.8) is 0 Å². The van der Waals surface area contributed by atoms with Gasteiger partial charge < -0.3 is 15.6 Å². The monoisotopic (exact) mass is 152 g/mol. The Morgan fingerprint density at radius 3 is 2.73 bits per heavy atom. The third-order valence-corrected chi connectivity index (χ3v) is 2.05. The fourth-order valence-electron chi connectivity index (χ4n) is 1.48. The van der Waals surface area contributed by atoms with Crippen molar-refractivity contribution in [1.29, 1.82) is 0 Å². The lowest BCUT2D eigenvalue weighted by Crippen LogP contribution is -2.19. The number of nitrogens with one attached hydrogen (secondary N) is 1. The normalized spacial score (nSPS) is 17.6. The summed E-state index contributed by atoms with van der Waals surface area (Å²) in [5, 5.41) is 0. The molecule has 1 aliphatic rings. The molecule has 1 aliphatic heterocycles. The van der Waals surface area contributed by atoms with Crippen molar-refractivity contribution in [1.82, 2.24) is 9.97 Å². The molecule has 3 N–H and O–H groups in total. The number of nitrogens with zero attached hydrogens (tertiary/aromatic N) is 2. The Hall–Kier alpha value is -1.19. The van der Waals surface area contributed by atoms with Crippen LogP contribution in [-0.4, -0.2) is 23.1 Å². The van der Waals surface area contributed by atoms with Gasteiger partial charge in [0, 0.05) is 13.1 Å². The predicted molar refractivity (Wildman–Crippen MR) is 44.4 cm³/mol. The summed E-state index contributed by atoms with van der Waals surface area (Å²) in [6, 6.07) is 0. The molecule has 1 fully saturated rings. The second-order valence-corrected chi connectivity index (χ2v) is 2.83. The van der Waals surface area contributed by atoms with Crippen LogP contribution in [0, 0.1) is 0 Å². The second-order valence-electron chi connectivity index (χ2n) is 2.83. The molecule has 1 aromatic rings. The van der Waals surface area contributed by atoms with Crippen molar-refractivity contribution < 1.29 is 0 Å². The summed E-state index contributed by atoms with van der Waals surface area (Å²) in [6.45, 7) is 2.18. The van der Waals surface area contributed by atoms with Gasteiger partial charge in [0.25, 0.3) is 0 Å². The highest BCUT2D eigenvalue weighted by Gasteiger charge is 2.15. The molecule has 0 aliphatic carbocycles. The number of imidazole rings is 1. The zero-order chi connectivity index (χ0) is 7.68. The maximum atomic E-state index is 5.66. The first-order valence-corrected chi connectivity index (χ1v) is 3.92. The third-order valence-electron chi connectivity index (χ3n) is 2.05. The van der Waals surface area contributed by atoms with Gasteiger partial charge in [-0.3, -0.25) is 0 Å². The predicted octanol–water partition coefficient (Wildman–Crippen LogP) is 0.592. The van der Waals surface area contributed by atoms with Crippen LogP contribution in [0.2, 0.25) is 0 Å². The van der Waals surface area contributed by atoms with Gasteiger partial charge in [-0.05, 0) is 12.8 Å². The summed E-state index contributed by atoms with van der Waals surface area (Å²) in [7, 11) is 0. The van der Waals surface area contributed by atoms with Gasteiger partial charge in [0.05, 0.1) is 6.33 Å². The van der Waals surface area contributed by atoms with Crippen molar-refractivity contribution in [2.45, 2.75) is 12.8 Å². The van der Waals surface area contributed by atoms with Crippen molar-refractivity contribution in [2.75, 3.05) is 23.7 Å². The SMILES string of the molecule is Nc1[nH]cnc1N1CCCC1. The van der Waals surface area contributed by atoms with E-state index in [1.807, 2.05) is 0 Å². The molecular weight excluding hydrogens is 140 g/mol. The van der Waals surface area contributed by atoms with Crippen LogP contribution in [0.15, 0.2) is 6.33 Å². The quantitative estimate of drug-likeness (QED) is 0.619. The molecule has 11 heavy (non-hydrogen) atoms. The maximum Gasteiger partial charge on any atom is 0.171 e. The lowest BCUT2D eigenvalue weighted by atomic mass is 10.4. The summed E-state index contributed by atoms with van der Waals surface area (Å²) >= 11 is 0. The Kier molecular flexibility index (Phi) is 1.45. The van der Waals surface area contributed by atoms with Crippen LogP contribution in [-0.2, 0) is 0 Å². The van der Waals surface area contributed by atoms with Gasteiger partial charge in [-0.25, -0.2) is 4.98 Å². The minimum Gasteiger partial charge on any atom is -0.382 e. The molecule has 0 unspecified atom stereocenters. The standard InChI is InChI=1S/C7H12N4/c8-6-7(10-5-9-6)11-3-1-2-4-11/h5H,1-4,8H2,(H,9,10). The van der Waals surface area contributed by atoms with E-state index in [1.165, 1.54) is 12.8 Å². The van der Waals surface area contributed by atoms with E-state index in [0.29, 0.717) is 5.82 Å². The lowest BCUT2D eigenvalue weighted by molar-refractivity contribution is 0.948. The van der Waals surface area contributed by atoms with Crippen molar-refractivity contribution >= 4 is 11.6 Å². The Labute approximate surface area is 65.4 Å². The summed E-state index contributed by atoms with van der Waals surface area (Å²) in [6.07, 6.45) is 4.15. The number of hydrogen-bond donors (Lipinski definition) is 2. The zero-order valence-electron chi connectivity index (χ0n) is 6.38. The van der Waals surface area contributed by atoms with E-state index in [4.69, 9.17) is 5.73 Å². The molecule has 0 saturated carbocycles. The Morgan fingerprint density at radius 2 is 2.18 bits per heavy atom. The molecule has 0 bridgehead atoms. The van der Waals surface area contributed by atoms with E-state index in [2.05, 4.69) is 14.9 Å². The number of hydrogen-bond acceptors (Lipinski definition) is 3. The van der Waals surface area contributed by atoms with E-state index in [1.54, 1.807) is 6.33 Å². The van der Waals surface area contributed by atoms with Gasteiger partial charge in [0.1, 0.15) is 5.82 Å². The highest BCUT2D eigenvalue weighted by Crippen LogP contribution is 2.21. The second kappa shape index (κ2) is 2.45. The zero-order valence-corrected chi connectivity index (χ0v) is 6.38. The van der Waals surface area contributed by atoms with Crippen LogP contribution in [0.4, 0.5) is 11.6 Å². The smallest absolute Gasteiger partial charge is 0.171 e. The highest BCUT2D eigenvalue weighted by molar-refractivity contribution is 5.58. The van der Waals surface area contributed by atoms with Gasteiger partial charge in [-0.15, -0.1) is 0 Å². The van der Waals surface area contributed by atoms with Crippen molar-refractivity contribution in [3.05, 3.63) is 6.33 Å². The van der Waals surface area contributed by atoms with Gasteiger partial charge in [-0.1, -0.05) is 0 Å². The number of nitrogens with two attached hydrogens (primary N) is 1. The molecule has 0 amide bonds. The number of nitrogen functional groups attached to an aromatic ring is 1. The van der Waals surface area contributed by atoms with E-state index < -0.39 is 0 Å². The Morgan fingerprint density at radius 1 is 1.45 bits per heavy atom. The number of rotatable bonds is 1. The first kappa shape index (κ1) is 6.52. The van der Waals surface area contributed by atoms with E-state index in [9.17, 15) is 0 Å². The molecule has 1 saturated heterocycles. The Bertz CT molecular complexity index is 236. The van der Waals surface area contributed by atoms with E-state index in [0.717, 1.165) is 18.9 Å². The molecule has 0 radical (unpaired) electrons. The summed E-state index contributed by atoms with van der Waals surface area (Å²) < 4.78 is 0. The number of anilines is 2. The van der Waals surface area contributed by atoms with Crippen molar-refractivity contribution in [3.8, 4) is 0 Å². The van der Waals surface area contributed by atoms with E-state index in [-0.39, 0.29) is 0 Å². The summed E-state index contributed by atoms with van der Waals surface area (Å²) in [5.41, 5.74) is 5.66. The minimum absolute atomic E-state index is 0.687. The van der Waals surface area contributed by atoms with Crippen molar-refractivity contribution in [2.24, 2.45) is 0 Å². The maximum absolute atomic E-state index is 5.66. The Balaban J connectivity index is 2.21. The van der Waals surface area contributed by atoms with Crippen LogP contribution >= 0.6 is 0 Å². The van der Waals surface area contributed by atoms with Crippen LogP contribution in [0.3, 0.4) is 0 Å². The van der Waals surface area contributed by atoms with E-state index >= 15 is 0 Å².